The molecule has 2 saturated heterocycles. The molecule has 7 nitrogen and oxygen atoms in total. The zero-order valence-electron chi connectivity index (χ0n) is 22.9. The molecule has 41 heavy (non-hydrogen) atoms. The molecule has 0 spiro atoms. The summed E-state index contributed by atoms with van der Waals surface area (Å²) in [6.07, 6.45) is 2.78. The summed E-state index contributed by atoms with van der Waals surface area (Å²) in [5.41, 5.74) is 4.25. The van der Waals surface area contributed by atoms with Crippen LogP contribution >= 0.6 is 0 Å². The summed E-state index contributed by atoms with van der Waals surface area (Å²) < 4.78 is 0. The number of hydrogen-bond acceptors (Lipinski definition) is 5. The van der Waals surface area contributed by atoms with Crippen molar-refractivity contribution < 1.29 is 24.3 Å². The molecule has 3 aromatic rings. The van der Waals surface area contributed by atoms with Crippen molar-refractivity contribution in [3.8, 4) is 5.75 Å². The van der Waals surface area contributed by atoms with E-state index in [1.54, 1.807) is 48.5 Å². The molecule has 4 amide bonds. The number of hydrogen-bond donors (Lipinski definition) is 1. The summed E-state index contributed by atoms with van der Waals surface area (Å²) in [5, 5.41) is 10.5. The molecule has 0 radical (unpaired) electrons. The second-order valence-corrected chi connectivity index (χ2v) is 11.7. The van der Waals surface area contributed by atoms with Gasteiger partial charge >= 0.3 is 0 Å². The Morgan fingerprint density at radius 2 is 1.17 bits per heavy atom. The number of para-hydroxylation sites is 2. The van der Waals surface area contributed by atoms with Crippen LogP contribution in [-0.4, -0.2) is 28.7 Å². The van der Waals surface area contributed by atoms with E-state index in [0.717, 1.165) is 11.1 Å². The predicted octanol–water partition coefficient (Wildman–Crippen LogP) is 5.05. The van der Waals surface area contributed by atoms with E-state index in [-0.39, 0.29) is 35.3 Å². The number of benzene rings is 3. The zero-order valence-corrected chi connectivity index (χ0v) is 22.9. The first-order valence-corrected chi connectivity index (χ1v) is 14.1. The molecule has 1 saturated carbocycles. The van der Waals surface area contributed by atoms with E-state index >= 15 is 0 Å². The lowest BCUT2D eigenvalue weighted by molar-refractivity contribution is -0.126. The largest absolute Gasteiger partial charge is 0.507 e. The highest BCUT2D eigenvalue weighted by molar-refractivity contribution is 6.24. The molecule has 4 aliphatic rings. The number of rotatable bonds is 3. The number of amides is 4. The lowest BCUT2D eigenvalue weighted by Gasteiger charge is -2.44. The lowest BCUT2D eigenvalue weighted by atomic mass is 9.57. The molecule has 2 heterocycles. The van der Waals surface area contributed by atoms with E-state index in [1.807, 2.05) is 44.2 Å². The van der Waals surface area contributed by atoms with Crippen molar-refractivity contribution in [1.82, 2.24) is 0 Å². The van der Waals surface area contributed by atoms with Crippen LogP contribution in [-0.2, 0) is 19.2 Å². The minimum Gasteiger partial charge on any atom is -0.507 e. The van der Waals surface area contributed by atoms with Crippen molar-refractivity contribution in [1.29, 1.82) is 0 Å². The minimum absolute atomic E-state index is 0.199. The van der Waals surface area contributed by atoms with Crippen LogP contribution in [0.25, 0.3) is 0 Å². The quantitative estimate of drug-likeness (QED) is 0.366. The van der Waals surface area contributed by atoms with E-state index in [0.29, 0.717) is 35.3 Å². The van der Waals surface area contributed by atoms with Crippen molar-refractivity contribution >= 4 is 35.0 Å². The van der Waals surface area contributed by atoms with Gasteiger partial charge in [-0.2, -0.15) is 0 Å². The van der Waals surface area contributed by atoms with Gasteiger partial charge in [0.1, 0.15) is 5.75 Å². The summed E-state index contributed by atoms with van der Waals surface area (Å²) in [4.78, 5) is 58.3. The Bertz CT molecular complexity index is 1620. The molecule has 1 N–H and O–H groups in total. The highest BCUT2D eigenvalue weighted by Crippen LogP contribution is 2.58. The van der Waals surface area contributed by atoms with E-state index < -0.39 is 29.6 Å². The van der Waals surface area contributed by atoms with Gasteiger partial charge in [0.15, 0.2) is 0 Å². The summed E-state index contributed by atoms with van der Waals surface area (Å²) >= 11 is 0. The van der Waals surface area contributed by atoms with E-state index in [9.17, 15) is 24.3 Å². The first kappa shape index (κ1) is 25.4. The molecule has 206 valence electrons. The molecule has 7 heteroatoms. The maximum atomic E-state index is 14.1. The van der Waals surface area contributed by atoms with Crippen molar-refractivity contribution in [2.75, 3.05) is 9.80 Å². The molecular formula is C34H30N2O5. The fraction of sp³-hybridized carbons (Fsp3) is 0.294. The van der Waals surface area contributed by atoms with Crippen LogP contribution in [0.2, 0.25) is 0 Å². The number of fused-ring (bicyclic) bond motifs is 4. The number of carbonyl (C=O) groups excluding carboxylic acids is 4. The van der Waals surface area contributed by atoms with Crippen LogP contribution in [0, 0.1) is 43.4 Å². The Labute approximate surface area is 238 Å². The van der Waals surface area contributed by atoms with Crippen molar-refractivity contribution in [3.63, 3.8) is 0 Å². The predicted molar refractivity (Wildman–Crippen MR) is 153 cm³/mol. The van der Waals surface area contributed by atoms with Gasteiger partial charge in [-0.15, -0.1) is 0 Å². The summed E-state index contributed by atoms with van der Waals surface area (Å²) in [5.74, 6) is -3.94. The third-order valence-corrected chi connectivity index (χ3v) is 9.55. The van der Waals surface area contributed by atoms with Gasteiger partial charge in [0.05, 0.1) is 35.0 Å². The SMILES string of the molecule is Cc1cc([C@H]2C3=CC[C@@H]4C(=O)N(c5ccccc5)C(=O)[C@@H]4[C@@H]3C[C@H]3C(=O)N(c4ccccc4)C(=O)[C@@H]23)cc(C)c1O. The maximum absolute atomic E-state index is 14.1. The summed E-state index contributed by atoms with van der Waals surface area (Å²) in [7, 11) is 0. The first-order valence-electron chi connectivity index (χ1n) is 14.1. The van der Waals surface area contributed by atoms with Crippen molar-refractivity contribution in [3.05, 3.63) is 101 Å². The Balaban J connectivity index is 1.36. The number of phenolic OH excluding ortho intramolecular Hbond substituents is 1. The summed E-state index contributed by atoms with van der Waals surface area (Å²) in [6, 6.07) is 21.7. The van der Waals surface area contributed by atoms with E-state index in [2.05, 4.69) is 0 Å². The van der Waals surface area contributed by atoms with Crippen LogP contribution in [0.15, 0.2) is 84.4 Å². The highest BCUT2D eigenvalue weighted by Gasteiger charge is 2.62. The van der Waals surface area contributed by atoms with Crippen LogP contribution in [0.3, 0.4) is 0 Å². The van der Waals surface area contributed by atoms with Crippen LogP contribution in [0.4, 0.5) is 11.4 Å². The molecule has 7 rings (SSSR count). The van der Waals surface area contributed by atoms with Crippen LogP contribution < -0.4 is 9.80 Å². The molecule has 3 fully saturated rings. The Morgan fingerprint density at radius 1 is 0.659 bits per heavy atom. The number of anilines is 2. The molecular weight excluding hydrogens is 516 g/mol. The van der Waals surface area contributed by atoms with E-state index in [4.69, 9.17) is 0 Å². The smallest absolute Gasteiger partial charge is 0.238 e. The van der Waals surface area contributed by atoms with Gasteiger partial charge in [-0.1, -0.05) is 60.2 Å². The number of imide groups is 2. The fourth-order valence-corrected chi connectivity index (χ4v) is 7.80. The second-order valence-electron chi connectivity index (χ2n) is 11.7. The van der Waals surface area contributed by atoms with Gasteiger partial charge in [-0.25, -0.2) is 0 Å². The molecule has 3 aromatic carbocycles. The van der Waals surface area contributed by atoms with Gasteiger partial charge in [0.2, 0.25) is 23.6 Å². The number of nitrogens with zero attached hydrogens (tertiary/aromatic N) is 2. The molecule has 0 bridgehead atoms. The fourth-order valence-electron chi connectivity index (χ4n) is 7.80. The average molecular weight is 547 g/mol. The average Bonchev–Trinajstić information content (AvgIpc) is 3.39. The molecule has 0 unspecified atom stereocenters. The van der Waals surface area contributed by atoms with E-state index in [1.165, 1.54) is 9.80 Å². The number of aromatic hydroxyl groups is 1. The highest BCUT2D eigenvalue weighted by atomic mass is 16.3. The number of phenols is 1. The lowest BCUT2D eigenvalue weighted by Crippen LogP contribution is -2.43. The zero-order chi connectivity index (χ0) is 28.6. The second kappa shape index (κ2) is 9.26. The van der Waals surface area contributed by atoms with Gasteiger partial charge in [-0.05, 0) is 73.6 Å². The molecule has 2 aliphatic heterocycles. The molecule has 6 atom stereocenters. The van der Waals surface area contributed by atoms with Gasteiger partial charge in [0, 0.05) is 5.92 Å². The van der Waals surface area contributed by atoms with Crippen LogP contribution in [0.1, 0.15) is 35.4 Å². The van der Waals surface area contributed by atoms with Gasteiger partial charge < -0.3 is 5.11 Å². The molecule has 0 aromatic heterocycles. The maximum Gasteiger partial charge on any atom is 0.238 e. The Hall–Kier alpha value is -4.52. The summed E-state index contributed by atoms with van der Waals surface area (Å²) in [6.45, 7) is 3.65. The topological polar surface area (TPSA) is 95.0 Å². The first-order chi connectivity index (χ1) is 19.8. The van der Waals surface area contributed by atoms with Gasteiger partial charge in [-0.3, -0.25) is 29.0 Å². The van der Waals surface area contributed by atoms with Gasteiger partial charge in [0.25, 0.3) is 0 Å². The third-order valence-electron chi connectivity index (χ3n) is 9.55. The Morgan fingerprint density at radius 3 is 1.73 bits per heavy atom. The van der Waals surface area contributed by atoms with Crippen molar-refractivity contribution in [2.45, 2.75) is 32.6 Å². The monoisotopic (exact) mass is 546 g/mol. The number of allylic oxidation sites excluding steroid dienone is 2. The number of aryl methyl sites for hydroxylation is 2. The molecule has 2 aliphatic carbocycles. The Kier molecular flexibility index (Phi) is 5.75. The normalized spacial score (nSPS) is 28.9. The minimum atomic E-state index is -0.637. The van der Waals surface area contributed by atoms with Crippen LogP contribution in [0.5, 0.6) is 5.75 Å². The standard InChI is InChI=1S/C34H30N2O5/c1-18-15-20(16-19(2)30(18)37)27-23-13-14-24-28(33(40)35(31(24)38)21-9-5-3-6-10-21)25(23)17-26-29(27)34(41)36(32(26)39)22-11-7-4-8-12-22/h3-13,15-16,24-29,37H,14,17H2,1-2H3/t24-,25+,26+,27-,28-,29+/m0/s1. The van der Waals surface area contributed by atoms with Crippen molar-refractivity contribution in [2.24, 2.45) is 29.6 Å². The third kappa shape index (κ3) is 3.64. The number of carbonyl (C=O) groups is 4.